The van der Waals surface area contributed by atoms with Gasteiger partial charge in [0, 0.05) is 16.6 Å². The highest BCUT2D eigenvalue weighted by Crippen LogP contribution is 2.35. The van der Waals surface area contributed by atoms with Gasteiger partial charge >= 0.3 is 0 Å². The standard InChI is InChI=1S/C14H15BrClN3O2/c1-20-12-6-9(10(15)7-11(12)16)14-17-8-19(18-14)13-4-2-3-5-21-13/h6-8,13H,2-5H2,1H3. The third-order valence-electron chi connectivity index (χ3n) is 3.44. The van der Waals surface area contributed by atoms with Crippen molar-refractivity contribution in [2.75, 3.05) is 13.7 Å². The molecule has 0 radical (unpaired) electrons. The zero-order valence-corrected chi connectivity index (χ0v) is 13.9. The van der Waals surface area contributed by atoms with E-state index in [-0.39, 0.29) is 6.23 Å². The van der Waals surface area contributed by atoms with E-state index in [0.29, 0.717) is 16.6 Å². The minimum atomic E-state index is -0.0204. The molecule has 5 nitrogen and oxygen atoms in total. The molecule has 0 spiro atoms. The monoisotopic (exact) mass is 371 g/mol. The normalized spacial score (nSPS) is 18.7. The first-order chi connectivity index (χ1) is 10.2. The highest BCUT2D eigenvalue weighted by molar-refractivity contribution is 9.10. The zero-order valence-electron chi connectivity index (χ0n) is 11.6. The molecule has 0 saturated carbocycles. The van der Waals surface area contributed by atoms with Crippen LogP contribution in [0.15, 0.2) is 22.9 Å². The molecular formula is C14H15BrClN3O2. The second-order valence-electron chi connectivity index (χ2n) is 4.84. The lowest BCUT2D eigenvalue weighted by Gasteiger charge is -2.22. The predicted molar refractivity (Wildman–Crippen MR) is 83.6 cm³/mol. The molecule has 1 atom stereocenters. The Morgan fingerprint density at radius 1 is 1.43 bits per heavy atom. The minimum absolute atomic E-state index is 0.0204. The van der Waals surface area contributed by atoms with Crippen LogP contribution < -0.4 is 4.74 Å². The lowest BCUT2D eigenvalue weighted by Crippen LogP contribution is -2.18. The molecule has 1 saturated heterocycles. The Balaban J connectivity index is 1.92. The van der Waals surface area contributed by atoms with Crippen molar-refractivity contribution in [2.24, 2.45) is 0 Å². The van der Waals surface area contributed by atoms with Crippen molar-refractivity contribution < 1.29 is 9.47 Å². The summed E-state index contributed by atoms with van der Waals surface area (Å²) in [5.41, 5.74) is 0.839. The summed E-state index contributed by atoms with van der Waals surface area (Å²) in [5, 5.41) is 5.07. The largest absolute Gasteiger partial charge is 0.495 e. The zero-order chi connectivity index (χ0) is 14.8. The third kappa shape index (κ3) is 3.07. The van der Waals surface area contributed by atoms with Crippen molar-refractivity contribution in [3.05, 3.63) is 28.0 Å². The summed E-state index contributed by atoms with van der Waals surface area (Å²) < 4.78 is 13.6. The molecule has 0 aliphatic carbocycles. The van der Waals surface area contributed by atoms with E-state index in [4.69, 9.17) is 21.1 Å². The molecule has 1 aromatic carbocycles. The molecular weight excluding hydrogens is 358 g/mol. The maximum atomic E-state index is 6.10. The lowest BCUT2D eigenvalue weighted by atomic mass is 10.2. The number of nitrogens with zero attached hydrogens (tertiary/aromatic N) is 3. The molecule has 112 valence electrons. The number of hydrogen-bond acceptors (Lipinski definition) is 4. The van der Waals surface area contributed by atoms with E-state index >= 15 is 0 Å². The fourth-order valence-corrected chi connectivity index (χ4v) is 3.22. The van der Waals surface area contributed by atoms with Crippen LogP contribution in [0.4, 0.5) is 0 Å². The maximum absolute atomic E-state index is 6.10. The molecule has 0 amide bonds. The van der Waals surface area contributed by atoms with Crippen molar-refractivity contribution in [3.8, 4) is 17.1 Å². The number of halogens is 2. The Hall–Kier alpha value is -1.11. The first-order valence-corrected chi connectivity index (χ1v) is 7.92. The van der Waals surface area contributed by atoms with Gasteiger partial charge in [-0.1, -0.05) is 11.6 Å². The Bertz CT molecular complexity index is 641. The maximum Gasteiger partial charge on any atom is 0.182 e. The average molecular weight is 373 g/mol. The molecule has 0 N–H and O–H groups in total. The molecule has 1 fully saturated rings. The number of benzene rings is 1. The van der Waals surface area contributed by atoms with Gasteiger partial charge in [0.1, 0.15) is 12.1 Å². The number of hydrogen-bond donors (Lipinski definition) is 0. The van der Waals surface area contributed by atoms with Crippen molar-refractivity contribution in [1.29, 1.82) is 0 Å². The van der Waals surface area contributed by atoms with E-state index in [1.165, 1.54) is 0 Å². The van der Waals surface area contributed by atoms with E-state index in [2.05, 4.69) is 26.0 Å². The van der Waals surface area contributed by atoms with E-state index in [0.717, 1.165) is 35.9 Å². The number of ether oxygens (including phenoxy) is 2. The summed E-state index contributed by atoms with van der Waals surface area (Å²) in [5.74, 6) is 1.21. The smallest absolute Gasteiger partial charge is 0.182 e. The Labute approximate surface area is 136 Å². The molecule has 21 heavy (non-hydrogen) atoms. The van der Waals surface area contributed by atoms with Crippen molar-refractivity contribution in [2.45, 2.75) is 25.5 Å². The molecule has 3 rings (SSSR count). The number of methoxy groups -OCH3 is 1. The quantitative estimate of drug-likeness (QED) is 0.815. The van der Waals surface area contributed by atoms with E-state index in [1.807, 2.05) is 6.07 Å². The highest BCUT2D eigenvalue weighted by Gasteiger charge is 2.19. The summed E-state index contributed by atoms with van der Waals surface area (Å²) in [7, 11) is 1.58. The fourth-order valence-electron chi connectivity index (χ4n) is 2.33. The highest BCUT2D eigenvalue weighted by atomic mass is 79.9. The van der Waals surface area contributed by atoms with Crippen molar-refractivity contribution in [1.82, 2.24) is 14.8 Å². The van der Waals surface area contributed by atoms with Gasteiger partial charge in [-0.3, -0.25) is 0 Å². The van der Waals surface area contributed by atoms with E-state index in [9.17, 15) is 0 Å². The van der Waals surface area contributed by atoms with Crippen LogP contribution in [0.1, 0.15) is 25.5 Å². The Morgan fingerprint density at radius 2 is 2.29 bits per heavy atom. The topological polar surface area (TPSA) is 49.2 Å². The first-order valence-electron chi connectivity index (χ1n) is 6.75. The average Bonchev–Trinajstić information content (AvgIpc) is 2.98. The van der Waals surface area contributed by atoms with Crippen molar-refractivity contribution >= 4 is 27.5 Å². The summed E-state index contributed by atoms with van der Waals surface area (Å²) in [6, 6.07) is 3.61. The van der Waals surface area contributed by atoms with E-state index < -0.39 is 0 Å². The van der Waals surface area contributed by atoms with Gasteiger partial charge in [-0.05, 0) is 47.3 Å². The van der Waals surface area contributed by atoms with Crippen LogP contribution in [-0.4, -0.2) is 28.5 Å². The van der Waals surface area contributed by atoms with Gasteiger partial charge in [-0.2, -0.15) is 0 Å². The van der Waals surface area contributed by atoms with Gasteiger partial charge in [0.05, 0.1) is 12.1 Å². The molecule has 1 unspecified atom stereocenters. The Kier molecular flexibility index (Phi) is 4.47. The van der Waals surface area contributed by atoms with Gasteiger partial charge in [0.25, 0.3) is 0 Å². The van der Waals surface area contributed by atoms with Crippen LogP contribution in [0.25, 0.3) is 11.4 Å². The van der Waals surface area contributed by atoms with Gasteiger partial charge in [-0.25, -0.2) is 9.67 Å². The summed E-state index contributed by atoms with van der Waals surface area (Å²) in [6.45, 7) is 0.776. The van der Waals surface area contributed by atoms with Crippen LogP contribution in [-0.2, 0) is 4.74 Å². The molecule has 1 aliphatic heterocycles. The van der Waals surface area contributed by atoms with Crippen LogP contribution in [0.2, 0.25) is 5.02 Å². The molecule has 1 aromatic heterocycles. The molecule has 0 bridgehead atoms. The number of rotatable bonds is 3. The predicted octanol–water partition coefficient (Wildman–Crippen LogP) is 4.07. The van der Waals surface area contributed by atoms with Crippen LogP contribution in [0.5, 0.6) is 5.75 Å². The summed E-state index contributed by atoms with van der Waals surface area (Å²) in [6.07, 6.45) is 4.91. The summed E-state index contributed by atoms with van der Waals surface area (Å²) >= 11 is 9.59. The second kappa shape index (κ2) is 6.34. The van der Waals surface area contributed by atoms with Gasteiger partial charge in [-0.15, -0.1) is 5.10 Å². The third-order valence-corrected chi connectivity index (χ3v) is 4.39. The van der Waals surface area contributed by atoms with Crippen LogP contribution in [0.3, 0.4) is 0 Å². The molecule has 7 heteroatoms. The first kappa shape index (κ1) is 14.8. The molecule has 2 heterocycles. The van der Waals surface area contributed by atoms with Crippen LogP contribution in [0, 0.1) is 0 Å². The van der Waals surface area contributed by atoms with Gasteiger partial charge < -0.3 is 9.47 Å². The number of aromatic nitrogens is 3. The molecule has 2 aromatic rings. The minimum Gasteiger partial charge on any atom is -0.495 e. The summed E-state index contributed by atoms with van der Waals surface area (Å²) in [4.78, 5) is 4.37. The lowest BCUT2D eigenvalue weighted by molar-refractivity contribution is -0.0395. The molecule has 1 aliphatic rings. The van der Waals surface area contributed by atoms with Crippen LogP contribution >= 0.6 is 27.5 Å². The van der Waals surface area contributed by atoms with Gasteiger partial charge in [0.15, 0.2) is 12.1 Å². The SMILES string of the molecule is COc1cc(-c2ncn(C3CCCCO3)n2)c(Br)cc1Cl. The van der Waals surface area contributed by atoms with E-state index in [1.54, 1.807) is 24.2 Å². The van der Waals surface area contributed by atoms with Crippen molar-refractivity contribution in [3.63, 3.8) is 0 Å². The second-order valence-corrected chi connectivity index (χ2v) is 6.10. The fraction of sp³-hybridized carbons (Fsp3) is 0.429. The Morgan fingerprint density at radius 3 is 3.00 bits per heavy atom. The van der Waals surface area contributed by atoms with Gasteiger partial charge in [0.2, 0.25) is 0 Å².